The van der Waals surface area contributed by atoms with Gasteiger partial charge in [-0.15, -0.1) is 0 Å². The van der Waals surface area contributed by atoms with Crippen molar-refractivity contribution < 1.29 is 0 Å². The Kier molecular flexibility index (Phi) is 1.90. The molecule has 0 radical (unpaired) electrons. The molecule has 13 heavy (non-hydrogen) atoms. The van der Waals surface area contributed by atoms with Gasteiger partial charge in [0, 0.05) is 10.7 Å². The van der Waals surface area contributed by atoms with Crippen LogP contribution in [0.15, 0.2) is 24.3 Å². The molecule has 1 aromatic rings. The summed E-state index contributed by atoms with van der Waals surface area (Å²) in [6.45, 7) is 0. The molecule has 3 heteroatoms. The number of hydrogen-bond donors (Lipinski definition) is 1. The Morgan fingerprint density at radius 1 is 1.31 bits per heavy atom. The predicted octanol–water partition coefficient (Wildman–Crippen LogP) is 2.81. The number of benzene rings is 1. The van der Waals surface area contributed by atoms with Crippen LogP contribution in [0.2, 0.25) is 5.02 Å². The smallest absolute Gasteiger partial charge is 0.125 e. The van der Waals surface area contributed by atoms with Gasteiger partial charge in [-0.1, -0.05) is 11.6 Å². The van der Waals surface area contributed by atoms with Crippen molar-refractivity contribution in [3.8, 4) is 6.07 Å². The molecule has 1 aliphatic carbocycles. The van der Waals surface area contributed by atoms with Gasteiger partial charge < -0.3 is 5.32 Å². The summed E-state index contributed by atoms with van der Waals surface area (Å²) < 4.78 is 0. The highest BCUT2D eigenvalue weighted by molar-refractivity contribution is 6.30. The Bertz CT molecular complexity index is 346. The van der Waals surface area contributed by atoms with E-state index in [1.807, 2.05) is 24.3 Å². The van der Waals surface area contributed by atoms with Gasteiger partial charge in [0.25, 0.3) is 0 Å². The average molecular weight is 193 g/mol. The van der Waals surface area contributed by atoms with Crippen LogP contribution in [0.3, 0.4) is 0 Å². The van der Waals surface area contributed by atoms with E-state index in [1.54, 1.807) is 0 Å². The van der Waals surface area contributed by atoms with Crippen molar-refractivity contribution in [3.05, 3.63) is 29.3 Å². The third-order valence-electron chi connectivity index (χ3n) is 2.19. The lowest BCUT2D eigenvalue weighted by molar-refractivity contribution is 0.946. The second-order valence-corrected chi connectivity index (χ2v) is 3.76. The molecule has 1 saturated carbocycles. The van der Waals surface area contributed by atoms with Crippen LogP contribution in [0.4, 0.5) is 5.69 Å². The highest BCUT2D eigenvalue weighted by Gasteiger charge is 2.43. The molecule has 66 valence electrons. The second-order valence-electron chi connectivity index (χ2n) is 3.33. The fourth-order valence-corrected chi connectivity index (χ4v) is 1.33. The van der Waals surface area contributed by atoms with Gasteiger partial charge in [-0.3, -0.25) is 0 Å². The van der Waals surface area contributed by atoms with E-state index in [-0.39, 0.29) is 5.54 Å². The van der Waals surface area contributed by atoms with Crippen LogP contribution in [0, 0.1) is 11.3 Å². The van der Waals surface area contributed by atoms with Gasteiger partial charge in [0.2, 0.25) is 0 Å². The SMILES string of the molecule is N#CC1(Nc2ccc(Cl)cc2)CC1. The largest absolute Gasteiger partial charge is 0.367 e. The zero-order chi connectivity index (χ0) is 9.31. The highest BCUT2D eigenvalue weighted by atomic mass is 35.5. The lowest BCUT2D eigenvalue weighted by atomic mass is 10.2. The van der Waals surface area contributed by atoms with Crippen LogP contribution < -0.4 is 5.32 Å². The number of anilines is 1. The van der Waals surface area contributed by atoms with E-state index in [2.05, 4.69) is 11.4 Å². The van der Waals surface area contributed by atoms with E-state index in [0.717, 1.165) is 18.5 Å². The van der Waals surface area contributed by atoms with Crippen molar-refractivity contribution in [2.45, 2.75) is 18.4 Å². The number of nitrogens with zero attached hydrogens (tertiary/aromatic N) is 1. The molecule has 1 N–H and O–H groups in total. The van der Waals surface area contributed by atoms with E-state index in [0.29, 0.717) is 5.02 Å². The summed E-state index contributed by atoms with van der Waals surface area (Å²) in [5, 5.41) is 12.7. The Morgan fingerprint density at radius 2 is 1.92 bits per heavy atom. The minimum absolute atomic E-state index is 0.298. The second kappa shape index (κ2) is 2.93. The average Bonchev–Trinajstić information content (AvgIpc) is 2.90. The maximum absolute atomic E-state index is 8.83. The third-order valence-corrected chi connectivity index (χ3v) is 2.44. The van der Waals surface area contributed by atoms with Gasteiger partial charge in [-0.25, -0.2) is 0 Å². The first-order chi connectivity index (χ1) is 6.24. The zero-order valence-corrected chi connectivity index (χ0v) is 7.80. The molecule has 0 spiro atoms. The van der Waals surface area contributed by atoms with Crippen molar-refractivity contribution in [1.29, 1.82) is 5.26 Å². The highest BCUT2D eigenvalue weighted by Crippen LogP contribution is 2.38. The lowest BCUT2D eigenvalue weighted by Gasteiger charge is -2.09. The Labute approximate surface area is 82.1 Å². The van der Waals surface area contributed by atoms with Crippen molar-refractivity contribution in [2.75, 3.05) is 5.32 Å². The molecule has 0 atom stereocenters. The molecule has 0 aliphatic heterocycles. The van der Waals surface area contributed by atoms with Gasteiger partial charge >= 0.3 is 0 Å². The van der Waals surface area contributed by atoms with Crippen molar-refractivity contribution in [3.63, 3.8) is 0 Å². The molecule has 1 fully saturated rings. The first-order valence-electron chi connectivity index (χ1n) is 4.19. The monoisotopic (exact) mass is 192 g/mol. The van der Waals surface area contributed by atoms with Crippen molar-refractivity contribution >= 4 is 17.3 Å². The van der Waals surface area contributed by atoms with E-state index in [1.165, 1.54) is 0 Å². The number of nitriles is 1. The van der Waals surface area contributed by atoms with Crippen LogP contribution in [0.25, 0.3) is 0 Å². The number of nitrogens with one attached hydrogen (secondary N) is 1. The molecular formula is C10H9ClN2. The van der Waals surface area contributed by atoms with Crippen LogP contribution in [0.1, 0.15) is 12.8 Å². The Morgan fingerprint density at radius 3 is 2.38 bits per heavy atom. The molecule has 2 nitrogen and oxygen atoms in total. The lowest BCUT2D eigenvalue weighted by Crippen LogP contribution is -2.17. The number of halogens is 1. The van der Waals surface area contributed by atoms with Crippen LogP contribution in [0.5, 0.6) is 0 Å². The Balaban J connectivity index is 2.11. The van der Waals surface area contributed by atoms with E-state index >= 15 is 0 Å². The van der Waals surface area contributed by atoms with Crippen LogP contribution >= 0.6 is 11.6 Å². The summed E-state index contributed by atoms with van der Waals surface area (Å²) in [5.41, 5.74) is 0.664. The van der Waals surface area contributed by atoms with E-state index < -0.39 is 0 Å². The fraction of sp³-hybridized carbons (Fsp3) is 0.300. The molecule has 1 aliphatic rings. The van der Waals surface area contributed by atoms with Gasteiger partial charge in [0.05, 0.1) is 6.07 Å². The normalized spacial score (nSPS) is 17.5. The zero-order valence-electron chi connectivity index (χ0n) is 7.05. The molecule has 0 aromatic heterocycles. The molecule has 0 saturated heterocycles. The minimum atomic E-state index is -0.298. The summed E-state index contributed by atoms with van der Waals surface area (Å²) in [4.78, 5) is 0. The van der Waals surface area contributed by atoms with Gasteiger partial charge in [0.15, 0.2) is 0 Å². The van der Waals surface area contributed by atoms with E-state index in [4.69, 9.17) is 16.9 Å². The first-order valence-corrected chi connectivity index (χ1v) is 4.57. The molecule has 0 bridgehead atoms. The summed E-state index contributed by atoms with van der Waals surface area (Å²) >= 11 is 5.74. The molecule has 0 amide bonds. The van der Waals surface area contributed by atoms with Crippen LogP contribution in [-0.2, 0) is 0 Å². The molecule has 2 rings (SSSR count). The standard InChI is InChI=1S/C10H9ClN2/c11-8-1-3-9(4-2-8)13-10(7-12)5-6-10/h1-4,13H,5-6H2. The van der Waals surface area contributed by atoms with Gasteiger partial charge in [-0.2, -0.15) is 5.26 Å². The maximum Gasteiger partial charge on any atom is 0.125 e. The van der Waals surface area contributed by atoms with Crippen LogP contribution in [-0.4, -0.2) is 5.54 Å². The minimum Gasteiger partial charge on any atom is -0.367 e. The maximum atomic E-state index is 8.83. The Hall–Kier alpha value is -1.20. The van der Waals surface area contributed by atoms with Gasteiger partial charge in [-0.05, 0) is 37.1 Å². The van der Waals surface area contributed by atoms with Crippen molar-refractivity contribution in [2.24, 2.45) is 0 Å². The summed E-state index contributed by atoms with van der Waals surface area (Å²) in [5.74, 6) is 0. The summed E-state index contributed by atoms with van der Waals surface area (Å²) in [6.07, 6.45) is 1.87. The molecule has 0 unspecified atom stereocenters. The topological polar surface area (TPSA) is 35.8 Å². The van der Waals surface area contributed by atoms with Crippen molar-refractivity contribution in [1.82, 2.24) is 0 Å². The molecule has 0 heterocycles. The fourth-order valence-electron chi connectivity index (χ4n) is 1.20. The third kappa shape index (κ3) is 1.76. The predicted molar refractivity (Wildman–Crippen MR) is 52.7 cm³/mol. The number of hydrogen-bond acceptors (Lipinski definition) is 2. The first kappa shape index (κ1) is 8.40. The summed E-state index contributed by atoms with van der Waals surface area (Å²) in [6, 6.07) is 9.68. The number of rotatable bonds is 2. The van der Waals surface area contributed by atoms with E-state index in [9.17, 15) is 0 Å². The quantitative estimate of drug-likeness (QED) is 0.782. The summed E-state index contributed by atoms with van der Waals surface area (Å²) in [7, 11) is 0. The molecular weight excluding hydrogens is 184 g/mol. The molecule has 1 aromatic carbocycles. The van der Waals surface area contributed by atoms with Gasteiger partial charge in [0.1, 0.15) is 5.54 Å².